The van der Waals surface area contributed by atoms with E-state index < -0.39 is 0 Å². The molecule has 4 aromatic rings. The second kappa shape index (κ2) is 5.01. The molecular formula is C18H13BrN2. The van der Waals surface area contributed by atoms with Crippen molar-refractivity contribution in [2.24, 2.45) is 0 Å². The number of pyridine rings is 1. The molecule has 0 fully saturated rings. The van der Waals surface area contributed by atoms with Crippen LogP contribution in [-0.4, -0.2) is 9.55 Å². The quantitative estimate of drug-likeness (QED) is 0.503. The maximum absolute atomic E-state index is 4.50. The third-order valence-corrected chi connectivity index (χ3v) is 4.26. The topological polar surface area (TPSA) is 17.8 Å². The summed E-state index contributed by atoms with van der Waals surface area (Å²) in [6, 6.07) is 21.2. The second-order valence-electron chi connectivity index (χ2n) is 5.09. The molecule has 0 aliphatic rings. The lowest BCUT2D eigenvalue weighted by Gasteiger charge is -2.07. The summed E-state index contributed by atoms with van der Waals surface area (Å²) in [7, 11) is 0. The Kier molecular flexibility index (Phi) is 3.00. The third-order valence-electron chi connectivity index (χ3n) is 3.79. The van der Waals surface area contributed by atoms with Gasteiger partial charge < -0.3 is 4.57 Å². The molecule has 0 atom stereocenters. The van der Waals surface area contributed by atoms with Crippen LogP contribution >= 0.6 is 15.9 Å². The molecule has 3 heteroatoms. The Labute approximate surface area is 131 Å². The average Bonchev–Trinajstić information content (AvgIpc) is 2.85. The highest BCUT2D eigenvalue weighted by Crippen LogP contribution is 2.29. The van der Waals surface area contributed by atoms with Gasteiger partial charge in [-0.2, -0.15) is 0 Å². The molecule has 2 aromatic carbocycles. The Morgan fingerprint density at radius 2 is 1.43 bits per heavy atom. The minimum atomic E-state index is 0.779. The van der Waals surface area contributed by atoms with E-state index in [2.05, 4.69) is 80.1 Å². The zero-order valence-corrected chi connectivity index (χ0v) is 12.9. The Balaban J connectivity index is 1.95. The number of benzene rings is 2. The van der Waals surface area contributed by atoms with E-state index in [0.717, 1.165) is 16.7 Å². The van der Waals surface area contributed by atoms with Crippen LogP contribution in [-0.2, 0) is 6.54 Å². The number of rotatable bonds is 2. The predicted molar refractivity (Wildman–Crippen MR) is 90.5 cm³/mol. The van der Waals surface area contributed by atoms with Gasteiger partial charge in [-0.15, -0.1) is 0 Å². The first-order valence-corrected chi connectivity index (χ1v) is 7.68. The second-order valence-corrected chi connectivity index (χ2v) is 6.00. The van der Waals surface area contributed by atoms with Crippen LogP contribution in [0.15, 0.2) is 71.3 Å². The molecule has 0 bridgehead atoms. The molecule has 0 saturated heterocycles. The molecular weight excluding hydrogens is 324 g/mol. The van der Waals surface area contributed by atoms with Crippen LogP contribution in [0.25, 0.3) is 21.8 Å². The van der Waals surface area contributed by atoms with Crippen molar-refractivity contribution in [1.82, 2.24) is 9.55 Å². The summed E-state index contributed by atoms with van der Waals surface area (Å²) in [5.74, 6) is 0. The van der Waals surface area contributed by atoms with E-state index in [4.69, 9.17) is 0 Å². The van der Waals surface area contributed by atoms with E-state index in [0.29, 0.717) is 0 Å². The molecule has 0 amide bonds. The van der Waals surface area contributed by atoms with Crippen LogP contribution in [0.5, 0.6) is 0 Å². The minimum Gasteiger partial charge on any atom is -0.334 e. The fraction of sp³-hybridized carbons (Fsp3) is 0.0556. The molecule has 0 aliphatic heterocycles. The van der Waals surface area contributed by atoms with Crippen LogP contribution in [0.2, 0.25) is 0 Å². The molecule has 2 heterocycles. The fourth-order valence-electron chi connectivity index (χ4n) is 2.84. The third kappa shape index (κ3) is 2.14. The van der Waals surface area contributed by atoms with Crippen LogP contribution in [0.1, 0.15) is 5.69 Å². The van der Waals surface area contributed by atoms with Gasteiger partial charge in [0.05, 0.1) is 12.2 Å². The number of nitrogens with zero attached hydrogens (tertiary/aromatic N) is 2. The summed E-state index contributed by atoms with van der Waals surface area (Å²) in [4.78, 5) is 4.50. The lowest BCUT2D eigenvalue weighted by atomic mass is 10.2. The van der Waals surface area contributed by atoms with Crippen molar-refractivity contribution in [2.75, 3.05) is 0 Å². The first-order chi connectivity index (χ1) is 10.3. The molecule has 4 rings (SSSR count). The Hall–Kier alpha value is -2.13. The summed E-state index contributed by atoms with van der Waals surface area (Å²) >= 11 is 3.43. The predicted octanol–water partition coefficient (Wildman–Crippen LogP) is 5.00. The lowest BCUT2D eigenvalue weighted by Crippen LogP contribution is -2.01. The molecule has 0 saturated carbocycles. The van der Waals surface area contributed by atoms with E-state index in [1.165, 1.54) is 21.8 Å². The highest BCUT2D eigenvalue weighted by molar-refractivity contribution is 9.10. The SMILES string of the molecule is Brc1ccc(Cn2c3ccccc3c3ccccc32)nc1. The number of fused-ring (bicyclic) bond motifs is 3. The molecule has 0 unspecified atom stereocenters. The molecule has 0 radical (unpaired) electrons. The van der Waals surface area contributed by atoms with Crippen molar-refractivity contribution in [3.63, 3.8) is 0 Å². The van der Waals surface area contributed by atoms with Crippen molar-refractivity contribution in [3.05, 3.63) is 77.0 Å². The van der Waals surface area contributed by atoms with Gasteiger partial charge in [-0.25, -0.2) is 0 Å². The zero-order valence-electron chi connectivity index (χ0n) is 11.3. The number of aromatic nitrogens is 2. The van der Waals surface area contributed by atoms with Crippen LogP contribution in [0.3, 0.4) is 0 Å². The van der Waals surface area contributed by atoms with Gasteiger partial charge in [0.25, 0.3) is 0 Å². The van der Waals surface area contributed by atoms with Crippen LogP contribution < -0.4 is 0 Å². The largest absolute Gasteiger partial charge is 0.334 e. The molecule has 102 valence electrons. The van der Waals surface area contributed by atoms with E-state index in [9.17, 15) is 0 Å². The summed E-state index contributed by atoms with van der Waals surface area (Å²) in [5.41, 5.74) is 3.57. The number of para-hydroxylation sites is 2. The minimum absolute atomic E-state index is 0.779. The smallest absolute Gasteiger partial charge is 0.0654 e. The van der Waals surface area contributed by atoms with Crippen molar-refractivity contribution in [2.45, 2.75) is 6.54 Å². The Bertz CT molecular complexity index is 870. The van der Waals surface area contributed by atoms with Gasteiger partial charge >= 0.3 is 0 Å². The van der Waals surface area contributed by atoms with E-state index in [-0.39, 0.29) is 0 Å². The highest BCUT2D eigenvalue weighted by atomic mass is 79.9. The number of hydrogen-bond acceptors (Lipinski definition) is 1. The van der Waals surface area contributed by atoms with E-state index in [1.54, 1.807) is 0 Å². The average molecular weight is 337 g/mol. The Morgan fingerprint density at radius 3 is 2.00 bits per heavy atom. The van der Waals surface area contributed by atoms with Crippen LogP contribution in [0.4, 0.5) is 0 Å². The maximum Gasteiger partial charge on any atom is 0.0654 e. The first kappa shape index (κ1) is 12.6. The van der Waals surface area contributed by atoms with Gasteiger partial charge in [0.1, 0.15) is 0 Å². The fourth-order valence-corrected chi connectivity index (χ4v) is 3.07. The first-order valence-electron chi connectivity index (χ1n) is 6.89. The van der Waals surface area contributed by atoms with Gasteiger partial charge in [0.15, 0.2) is 0 Å². The monoisotopic (exact) mass is 336 g/mol. The number of hydrogen-bond donors (Lipinski definition) is 0. The molecule has 0 N–H and O–H groups in total. The summed E-state index contributed by atoms with van der Waals surface area (Å²) in [5, 5.41) is 2.59. The zero-order chi connectivity index (χ0) is 14.2. The Morgan fingerprint density at radius 1 is 0.810 bits per heavy atom. The van der Waals surface area contributed by atoms with Gasteiger partial charge in [0.2, 0.25) is 0 Å². The van der Waals surface area contributed by atoms with Gasteiger partial charge in [-0.05, 0) is 40.2 Å². The molecule has 2 aromatic heterocycles. The lowest BCUT2D eigenvalue weighted by molar-refractivity contribution is 0.834. The summed E-state index contributed by atoms with van der Waals surface area (Å²) in [6.07, 6.45) is 1.85. The normalized spacial score (nSPS) is 11.3. The summed E-state index contributed by atoms with van der Waals surface area (Å²) < 4.78 is 3.34. The molecule has 2 nitrogen and oxygen atoms in total. The molecule has 0 aliphatic carbocycles. The van der Waals surface area contributed by atoms with Crippen molar-refractivity contribution in [1.29, 1.82) is 0 Å². The van der Waals surface area contributed by atoms with Crippen molar-refractivity contribution >= 4 is 37.7 Å². The van der Waals surface area contributed by atoms with Crippen molar-refractivity contribution in [3.8, 4) is 0 Å². The maximum atomic E-state index is 4.50. The van der Waals surface area contributed by atoms with Gasteiger partial charge in [-0.1, -0.05) is 36.4 Å². The highest BCUT2D eigenvalue weighted by Gasteiger charge is 2.10. The van der Waals surface area contributed by atoms with E-state index >= 15 is 0 Å². The van der Waals surface area contributed by atoms with Gasteiger partial charge in [0, 0.05) is 32.5 Å². The van der Waals surface area contributed by atoms with Crippen LogP contribution in [0, 0.1) is 0 Å². The van der Waals surface area contributed by atoms with Gasteiger partial charge in [-0.3, -0.25) is 4.98 Å². The van der Waals surface area contributed by atoms with Crippen molar-refractivity contribution < 1.29 is 0 Å². The van der Waals surface area contributed by atoms with E-state index in [1.807, 2.05) is 12.3 Å². The standard InChI is InChI=1S/C18H13BrN2/c19-13-9-10-14(20-11-13)12-21-17-7-3-1-5-15(17)16-6-2-4-8-18(16)21/h1-11H,12H2. The molecule has 0 spiro atoms. The molecule has 21 heavy (non-hydrogen) atoms. The summed E-state index contributed by atoms with van der Waals surface area (Å²) in [6.45, 7) is 0.779. The number of halogens is 1.